The van der Waals surface area contributed by atoms with Gasteiger partial charge in [-0.25, -0.2) is 4.98 Å². The second kappa shape index (κ2) is 4.59. The van der Waals surface area contributed by atoms with E-state index >= 15 is 0 Å². The number of pyridine rings is 1. The summed E-state index contributed by atoms with van der Waals surface area (Å²) in [4.78, 5) is 4.26. The summed E-state index contributed by atoms with van der Waals surface area (Å²) < 4.78 is 2.06. The molecule has 0 spiro atoms. The van der Waals surface area contributed by atoms with Crippen LogP contribution in [-0.2, 0) is 0 Å². The molecule has 0 aliphatic rings. The summed E-state index contributed by atoms with van der Waals surface area (Å²) in [5.74, 6) is 0. The number of hydrogen-bond donors (Lipinski definition) is 1. The molecule has 0 radical (unpaired) electrons. The summed E-state index contributed by atoms with van der Waals surface area (Å²) in [6, 6.07) is 10.6. The molecule has 0 fully saturated rings. The third kappa shape index (κ3) is 1.92. The van der Waals surface area contributed by atoms with E-state index in [1.165, 1.54) is 16.7 Å². The molecule has 102 valence electrons. The van der Waals surface area contributed by atoms with Crippen molar-refractivity contribution in [1.29, 1.82) is 0 Å². The van der Waals surface area contributed by atoms with Gasteiger partial charge >= 0.3 is 0 Å². The number of aromatic amines is 1. The number of benzene rings is 1. The van der Waals surface area contributed by atoms with Gasteiger partial charge in [0.2, 0.25) is 0 Å². The molecular formula is C17H14N4. The van der Waals surface area contributed by atoms with Crippen LogP contribution in [0.5, 0.6) is 0 Å². The van der Waals surface area contributed by atoms with Gasteiger partial charge in [0.15, 0.2) is 0 Å². The molecule has 21 heavy (non-hydrogen) atoms. The van der Waals surface area contributed by atoms with E-state index in [4.69, 9.17) is 0 Å². The van der Waals surface area contributed by atoms with Crippen LogP contribution in [0.3, 0.4) is 0 Å². The maximum absolute atomic E-state index is 4.26. The Bertz CT molecular complexity index is 904. The van der Waals surface area contributed by atoms with Gasteiger partial charge in [0.05, 0.1) is 24.2 Å². The predicted molar refractivity (Wildman–Crippen MR) is 82.9 cm³/mol. The molecule has 0 saturated carbocycles. The minimum Gasteiger partial charge on any atom is -0.305 e. The third-order valence-corrected chi connectivity index (χ3v) is 3.79. The molecule has 1 N–H and O–H groups in total. The van der Waals surface area contributed by atoms with E-state index in [2.05, 4.69) is 63.0 Å². The van der Waals surface area contributed by atoms with Crippen LogP contribution in [0.1, 0.15) is 5.56 Å². The Balaban J connectivity index is 2.02. The molecule has 4 aromatic rings. The lowest BCUT2D eigenvalue weighted by atomic mass is 9.99. The summed E-state index contributed by atoms with van der Waals surface area (Å²) in [6.45, 7) is 2.13. The first-order valence-corrected chi connectivity index (χ1v) is 6.84. The summed E-state index contributed by atoms with van der Waals surface area (Å²) >= 11 is 0. The van der Waals surface area contributed by atoms with Gasteiger partial charge in [0.1, 0.15) is 0 Å². The normalized spacial score (nSPS) is 11.1. The molecule has 0 aliphatic heterocycles. The average molecular weight is 274 g/mol. The standard InChI is InChI=1S/C17H14N4/c1-12-4-2-3-5-15(12)13-6-16(14-7-19-20-8-14)17-9-18-11-21(17)10-13/h2-11H,1H3,(H,19,20). The number of imidazole rings is 1. The second-order valence-electron chi connectivity index (χ2n) is 5.13. The molecule has 0 unspecified atom stereocenters. The lowest BCUT2D eigenvalue weighted by Gasteiger charge is -2.10. The van der Waals surface area contributed by atoms with E-state index in [0.717, 1.165) is 16.6 Å². The Morgan fingerprint density at radius 2 is 1.95 bits per heavy atom. The highest BCUT2D eigenvalue weighted by molar-refractivity contribution is 5.84. The summed E-state index contributed by atoms with van der Waals surface area (Å²) in [6.07, 6.45) is 9.58. The van der Waals surface area contributed by atoms with Crippen LogP contribution in [0.25, 0.3) is 27.8 Å². The molecule has 0 saturated heterocycles. The maximum atomic E-state index is 4.26. The Kier molecular flexibility index (Phi) is 2.60. The summed E-state index contributed by atoms with van der Waals surface area (Å²) in [5.41, 5.74) is 6.94. The van der Waals surface area contributed by atoms with Gasteiger partial charge in [-0.3, -0.25) is 5.10 Å². The molecule has 4 nitrogen and oxygen atoms in total. The molecule has 0 aliphatic carbocycles. The summed E-state index contributed by atoms with van der Waals surface area (Å²) in [5, 5.41) is 6.93. The van der Waals surface area contributed by atoms with E-state index in [1.807, 2.05) is 24.9 Å². The fraction of sp³-hybridized carbons (Fsp3) is 0.0588. The number of aromatic nitrogens is 4. The Labute approximate surface area is 122 Å². The number of nitrogens with one attached hydrogen (secondary N) is 1. The lowest BCUT2D eigenvalue weighted by Crippen LogP contribution is -1.90. The minimum absolute atomic E-state index is 1.07. The van der Waals surface area contributed by atoms with Crippen LogP contribution < -0.4 is 0 Å². The van der Waals surface area contributed by atoms with Crippen molar-refractivity contribution < 1.29 is 0 Å². The first-order chi connectivity index (χ1) is 10.3. The van der Waals surface area contributed by atoms with Gasteiger partial charge in [-0.15, -0.1) is 0 Å². The lowest BCUT2D eigenvalue weighted by molar-refractivity contribution is 1.09. The molecule has 0 amide bonds. The van der Waals surface area contributed by atoms with Crippen LogP contribution >= 0.6 is 0 Å². The Morgan fingerprint density at radius 1 is 1.05 bits per heavy atom. The molecule has 3 heterocycles. The summed E-state index contributed by atoms with van der Waals surface area (Å²) in [7, 11) is 0. The van der Waals surface area contributed by atoms with Crippen molar-refractivity contribution in [1.82, 2.24) is 19.6 Å². The van der Waals surface area contributed by atoms with Crippen molar-refractivity contribution in [2.45, 2.75) is 6.92 Å². The van der Waals surface area contributed by atoms with E-state index < -0.39 is 0 Å². The highest BCUT2D eigenvalue weighted by Crippen LogP contribution is 2.31. The van der Waals surface area contributed by atoms with Crippen molar-refractivity contribution in [2.24, 2.45) is 0 Å². The molecule has 4 heteroatoms. The van der Waals surface area contributed by atoms with Gasteiger partial charge in [0, 0.05) is 23.5 Å². The van der Waals surface area contributed by atoms with E-state index in [0.29, 0.717) is 0 Å². The van der Waals surface area contributed by atoms with Gasteiger partial charge < -0.3 is 4.40 Å². The number of fused-ring (bicyclic) bond motifs is 1. The van der Waals surface area contributed by atoms with E-state index in [9.17, 15) is 0 Å². The van der Waals surface area contributed by atoms with Crippen molar-refractivity contribution >= 4 is 5.52 Å². The van der Waals surface area contributed by atoms with E-state index in [-0.39, 0.29) is 0 Å². The third-order valence-electron chi connectivity index (χ3n) is 3.79. The topological polar surface area (TPSA) is 46.0 Å². The molecule has 0 atom stereocenters. The fourth-order valence-corrected chi connectivity index (χ4v) is 2.71. The number of rotatable bonds is 2. The van der Waals surface area contributed by atoms with Crippen LogP contribution in [0.15, 0.2) is 61.4 Å². The van der Waals surface area contributed by atoms with Gasteiger partial charge in [-0.05, 0) is 29.7 Å². The fourth-order valence-electron chi connectivity index (χ4n) is 2.71. The van der Waals surface area contributed by atoms with Gasteiger partial charge in [-0.2, -0.15) is 5.10 Å². The van der Waals surface area contributed by atoms with Gasteiger partial charge in [-0.1, -0.05) is 24.3 Å². The number of nitrogens with zero attached hydrogens (tertiary/aromatic N) is 3. The number of H-pyrrole nitrogens is 1. The van der Waals surface area contributed by atoms with Gasteiger partial charge in [0.25, 0.3) is 0 Å². The predicted octanol–water partition coefficient (Wildman–Crippen LogP) is 3.70. The van der Waals surface area contributed by atoms with Crippen molar-refractivity contribution in [3.05, 3.63) is 67.0 Å². The quantitative estimate of drug-likeness (QED) is 0.606. The van der Waals surface area contributed by atoms with E-state index in [1.54, 1.807) is 0 Å². The second-order valence-corrected chi connectivity index (χ2v) is 5.13. The SMILES string of the molecule is Cc1ccccc1-c1cc(-c2cn[nH]c2)c2cncn2c1. The van der Waals surface area contributed by atoms with Crippen LogP contribution in [0, 0.1) is 6.92 Å². The monoisotopic (exact) mass is 274 g/mol. The van der Waals surface area contributed by atoms with Crippen molar-refractivity contribution in [2.75, 3.05) is 0 Å². The van der Waals surface area contributed by atoms with Crippen LogP contribution in [-0.4, -0.2) is 19.6 Å². The zero-order valence-corrected chi connectivity index (χ0v) is 11.6. The molecule has 3 aromatic heterocycles. The Hall–Kier alpha value is -2.88. The number of aryl methyl sites for hydroxylation is 1. The molecule has 4 rings (SSSR count). The Morgan fingerprint density at radius 3 is 2.76 bits per heavy atom. The van der Waals surface area contributed by atoms with Crippen molar-refractivity contribution in [3.8, 4) is 22.3 Å². The zero-order valence-electron chi connectivity index (χ0n) is 11.6. The largest absolute Gasteiger partial charge is 0.305 e. The highest BCUT2D eigenvalue weighted by Gasteiger charge is 2.10. The van der Waals surface area contributed by atoms with Crippen LogP contribution in [0.4, 0.5) is 0 Å². The van der Waals surface area contributed by atoms with Crippen molar-refractivity contribution in [3.63, 3.8) is 0 Å². The van der Waals surface area contributed by atoms with Crippen LogP contribution in [0.2, 0.25) is 0 Å². The minimum atomic E-state index is 1.07. The molecule has 1 aromatic carbocycles. The number of hydrogen-bond acceptors (Lipinski definition) is 2. The maximum Gasteiger partial charge on any atom is 0.0992 e. The smallest absolute Gasteiger partial charge is 0.0992 e. The highest BCUT2D eigenvalue weighted by atomic mass is 15.1. The molecular weight excluding hydrogens is 260 g/mol. The first kappa shape index (κ1) is 11.9. The average Bonchev–Trinajstić information content (AvgIpc) is 3.18. The first-order valence-electron chi connectivity index (χ1n) is 6.84. The molecule has 0 bridgehead atoms. The zero-order chi connectivity index (χ0) is 14.2.